The molecule has 0 fully saturated rings. The molecule has 0 aliphatic carbocycles. The molecule has 3 rings (SSSR count). The lowest BCUT2D eigenvalue weighted by molar-refractivity contribution is -0.116. The number of benzene rings is 1. The van der Waals surface area contributed by atoms with Crippen LogP contribution < -0.4 is 5.32 Å². The molecule has 0 saturated heterocycles. The zero-order valence-electron chi connectivity index (χ0n) is 8.90. The normalized spacial score (nSPS) is 18.6. The molecule has 1 amide bonds. The highest BCUT2D eigenvalue weighted by Crippen LogP contribution is 2.38. The van der Waals surface area contributed by atoms with Crippen LogP contribution in [0.1, 0.15) is 23.5 Å². The number of fused-ring (bicyclic) bond motifs is 1. The summed E-state index contributed by atoms with van der Waals surface area (Å²) in [6, 6.07) is 7.96. The van der Waals surface area contributed by atoms with Gasteiger partial charge in [-0.3, -0.25) is 9.89 Å². The minimum absolute atomic E-state index is 0.0162. The quantitative estimate of drug-likeness (QED) is 0.849. The lowest BCUT2D eigenvalue weighted by Crippen LogP contribution is -2.23. The van der Waals surface area contributed by atoms with E-state index in [4.69, 9.17) is 0 Å². The predicted octanol–water partition coefficient (Wildman–Crippen LogP) is 2.65. The molecule has 2 heterocycles. The molecule has 0 bridgehead atoms. The van der Waals surface area contributed by atoms with Crippen molar-refractivity contribution in [3.63, 3.8) is 0 Å². The maximum Gasteiger partial charge on any atom is 0.226 e. The Kier molecular flexibility index (Phi) is 2.48. The maximum absolute atomic E-state index is 11.6. The van der Waals surface area contributed by atoms with E-state index in [-0.39, 0.29) is 11.8 Å². The van der Waals surface area contributed by atoms with Gasteiger partial charge in [-0.05, 0) is 11.6 Å². The summed E-state index contributed by atoms with van der Waals surface area (Å²) in [5.74, 6) is 0.789. The standard InChI is InChI=1S/C12H10BrN3O/c13-10-4-2-1-3-7(10)8-5-11(17)15-12-9(8)6-14-16-12/h1-4,6,8H,5H2,(H2,14,15,16,17). The van der Waals surface area contributed by atoms with Crippen LogP contribution in [-0.4, -0.2) is 16.1 Å². The first-order chi connectivity index (χ1) is 8.25. The summed E-state index contributed by atoms with van der Waals surface area (Å²) in [6.45, 7) is 0. The number of hydrogen-bond donors (Lipinski definition) is 2. The molecule has 0 spiro atoms. The van der Waals surface area contributed by atoms with E-state index in [2.05, 4.69) is 31.4 Å². The number of amides is 1. The molecule has 0 saturated carbocycles. The second-order valence-electron chi connectivity index (χ2n) is 4.03. The lowest BCUT2D eigenvalue weighted by atomic mass is 9.87. The second-order valence-corrected chi connectivity index (χ2v) is 4.88. The van der Waals surface area contributed by atoms with E-state index in [9.17, 15) is 4.79 Å². The summed E-state index contributed by atoms with van der Waals surface area (Å²) in [7, 11) is 0. The van der Waals surface area contributed by atoms with Crippen LogP contribution in [0, 0.1) is 0 Å². The van der Waals surface area contributed by atoms with Gasteiger partial charge in [0.2, 0.25) is 5.91 Å². The van der Waals surface area contributed by atoms with Crippen molar-refractivity contribution in [1.29, 1.82) is 0 Å². The highest BCUT2D eigenvalue weighted by atomic mass is 79.9. The summed E-state index contributed by atoms with van der Waals surface area (Å²) in [6.07, 6.45) is 2.23. The molecule has 4 nitrogen and oxygen atoms in total. The van der Waals surface area contributed by atoms with E-state index >= 15 is 0 Å². The molecule has 1 unspecified atom stereocenters. The molecule has 1 aromatic carbocycles. The number of nitrogens with one attached hydrogen (secondary N) is 2. The number of hydrogen-bond acceptors (Lipinski definition) is 2. The first kappa shape index (κ1) is 10.5. The van der Waals surface area contributed by atoms with Crippen molar-refractivity contribution >= 4 is 27.7 Å². The first-order valence-corrected chi connectivity index (χ1v) is 6.12. The van der Waals surface area contributed by atoms with Gasteiger partial charge < -0.3 is 5.32 Å². The number of H-pyrrole nitrogens is 1. The number of carbonyl (C=O) groups excluding carboxylic acids is 1. The number of aromatic amines is 1. The van der Waals surface area contributed by atoms with Crippen LogP contribution in [0.5, 0.6) is 0 Å². The van der Waals surface area contributed by atoms with Crippen molar-refractivity contribution in [1.82, 2.24) is 10.2 Å². The monoisotopic (exact) mass is 291 g/mol. The van der Waals surface area contributed by atoms with E-state index in [1.165, 1.54) is 0 Å². The van der Waals surface area contributed by atoms with E-state index in [0.717, 1.165) is 15.6 Å². The van der Waals surface area contributed by atoms with E-state index in [1.54, 1.807) is 6.20 Å². The number of carbonyl (C=O) groups is 1. The van der Waals surface area contributed by atoms with Crippen LogP contribution >= 0.6 is 15.9 Å². The average Bonchev–Trinajstić information content (AvgIpc) is 2.76. The van der Waals surface area contributed by atoms with Gasteiger partial charge in [-0.2, -0.15) is 5.10 Å². The van der Waals surface area contributed by atoms with Crippen LogP contribution in [0.15, 0.2) is 34.9 Å². The van der Waals surface area contributed by atoms with Crippen molar-refractivity contribution in [3.05, 3.63) is 46.1 Å². The lowest BCUT2D eigenvalue weighted by Gasteiger charge is -2.23. The second kappa shape index (κ2) is 4.00. The zero-order valence-corrected chi connectivity index (χ0v) is 10.5. The van der Waals surface area contributed by atoms with Gasteiger partial charge in [0.05, 0.1) is 6.20 Å². The maximum atomic E-state index is 11.6. The Morgan fingerprint density at radius 3 is 2.94 bits per heavy atom. The fourth-order valence-corrected chi connectivity index (χ4v) is 2.74. The van der Waals surface area contributed by atoms with Crippen LogP contribution in [0.3, 0.4) is 0 Å². The van der Waals surface area contributed by atoms with Gasteiger partial charge in [0.15, 0.2) is 0 Å². The van der Waals surface area contributed by atoms with Crippen molar-refractivity contribution < 1.29 is 4.79 Å². The smallest absolute Gasteiger partial charge is 0.226 e. The van der Waals surface area contributed by atoms with Gasteiger partial charge in [-0.15, -0.1) is 0 Å². The van der Waals surface area contributed by atoms with Crippen molar-refractivity contribution in [2.75, 3.05) is 5.32 Å². The van der Waals surface area contributed by atoms with E-state index in [1.807, 2.05) is 24.3 Å². The molecule has 0 radical (unpaired) electrons. The zero-order chi connectivity index (χ0) is 11.8. The van der Waals surface area contributed by atoms with Gasteiger partial charge in [0.1, 0.15) is 5.82 Å². The van der Waals surface area contributed by atoms with E-state index in [0.29, 0.717) is 12.2 Å². The van der Waals surface area contributed by atoms with Crippen LogP contribution in [0.2, 0.25) is 0 Å². The minimum Gasteiger partial charge on any atom is -0.311 e. The third-order valence-electron chi connectivity index (χ3n) is 2.98. The van der Waals surface area contributed by atoms with Crippen LogP contribution in [0.25, 0.3) is 0 Å². The minimum atomic E-state index is 0.0162. The molecule has 17 heavy (non-hydrogen) atoms. The Morgan fingerprint density at radius 1 is 1.29 bits per heavy atom. The summed E-state index contributed by atoms with van der Waals surface area (Å²) in [5, 5.41) is 9.59. The molecule has 2 N–H and O–H groups in total. The molecule has 5 heteroatoms. The fraction of sp³-hybridized carbons (Fsp3) is 0.167. The molecule has 1 aromatic heterocycles. The van der Waals surface area contributed by atoms with Gasteiger partial charge in [0, 0.05) is 22.4 Å². The summed E-state index contributed by atoms with van der Waals surface area (Å²) in [4.78, 5) is 11.6. The predicted molar refractivity (Wildman–Crippen MR) is 67.8 cm³/mol. The molecular formula is C12H10BrN3O. The number of halogens is 1. The number of rotatable bonds is 1. The SMILES string of the molecule is O=C1CC(c2ccccc2Br)c2cn[nH]c2N1. The summed E-state index contributed by atoms with van der Waals surface area (Å²) >= 11 is 3.53. The van der Waals surface area contributed by atoms with Gasteiger partial charge in [-0.1, -0.05) is 34.1 Å². The highest BCUT2D eigenvalue weighted by Gasteiger charge is 2.28. The topological polar surface area (TPSA) is 57.8 Å². The van der Waals surface area contributed by atoms with Crippen LogP contribution in [-0.2, 0) is 4.79 Å². The number of aromatic nitrogens is 2. The largest absolute Gasteiger partial charge is 0.311 e. The summed E-state index contributed by atoms with van der Waals surface area (Å²) in [5.41, 5.74) is 2.15. The molecular weight excluding hydrogens is 282 g/mol. The average molecular weight is 292 g/mol. The molecule has 2 aromatic rings. The van der Waals surface area contributed by atoms with Crippen molar-refractivity contribution in [3.8, 4) is 0 Å². The van der Waals surface area contributed by atoms with Crippen molar-refractivity contribution in [2.45, 2.75) is 12.3 Å². The number of nitrogens with zero attached hydrogens (tertiary/aromatic N) is 1. The Labute approximate surface area is 107 Å². The third kappa shape index (κ3) is 1.76. The van der Waals surface area contributed by atoms with E-state index < -0.39 is 0 Å². The molecule has 1 atom stereocenters. The first-order valence-electron chi connectivity index (χ1n) is 5.33. The Balaban J connectivity index is 2.11. The highest BCUT2D eigenvalue weighted by molar-refractivity contribution is 9.10. The summed E-state index contributed by atoms with van der Waals surface area (Å²) < 4.78 is 1.02. The van der Waals surface area contributed by atoms with Gasteiger partial charge in [0.25, 0.3) is 0 Å². The molecule has 1 aliphatic rings. The third-order valence-corrected chi connectivity index (χ3v) is 3.70. The Morgan fingerprint density at radius 2 is 2.12 bits per heavy atom. The van der Waals surface area contributed by atoms with Gasteiger partial charge in [-0.25, -0.2) is 0 Å². The van der Waals surface area contributed by atoms with Crippen molar-refractivity contribution in [2.24, 2.45) is 0 Å². The van der Waals surface area contributed by atoms with Crippen LogP contribution in [0.4, 0.5) is 5.82 Å². The molecule has 86 valence electrons. The Hall–Kier alpha value is -1.62. The number of anilines is 1. The van der Waals surface area contributed by atoms with Gasteiger partial charge >= 0.3 is 0 Å². The Bertz CT molecular complexity index is 579. The molecule has 1 aliphatic heterocycles. The fourth-order valence-electron chi connectivity index (χ4n) is 2.18.